The number of carbonyl (C=O) groups is 3. The van der Waals surface area contributed by atoms with Crippen LogP contribution in [0.25, 0.3) is 6.08 Å². The first-order valence-electron chi connectivity index (χ1n) is 9.78. The van der Waals surface area contributed by atoms with Gasteiger partial charge in [0.2, 0.25) is 0 Å². The van der Waals surface area contributed by atoms with Crippen molar-refractivity contribution in [2.75, 3.05) is 0 Å². The van der Waals surface area contributed by atoms with Crippen LogP contribution >= 0.6 is 23.4 Å². The zero-order valence-electron chi connectivity index (χ0n) is 17.1. The van der Waals surface area contributed by atoms with Gasteiger partial charge in [-0.2, -0.15) is 0 Å². The van der Waals surface area contributed by atoms with Crippen LogP contribution in [0.2, 0.25) is 5.02 Å². The molecule has 7 heteroatoms. The van der Waals surface area contributed by atoms with Crippen LogP contribution in [0.15, 0.2) is 77.7 Å². The molecule has 1 aliphatic rings. The first kappa shape index (κ1) is 21.9. The summed E-state index contributed by atoms with van der Waals surface area (Å²) in [7, 11) is 0. The Hall–Kier alpha value is -3.35. The molecule has 0 aliphatic carbocycles. The van der Waals surface area contributed by atoms with E-state index in [1.807, 2.05) is 31.2 Å². The van der Waals surface area contributed by atoms with Crippen molar-refractivity contribution in [2.45, 2.75) is 13.5 Å². The molecule has 4 rings (SSSR count). The molecule has 0 bridgehead atoms. The zero-order chi connectivity index (χ0) is 22.7. The van der Waals surface area contributed by atoms with E-state index in [9.17, 15) is 14.4 Å². The second kappa shape index (κ2) is 9.42. The van der Waals surface area contributed by atoms with Crippen molar-refractivity contribution in [3.05, 3.63) is 105 Å². The number of esters is 1. The molecular formula is C25H18ClNO4S. The highest BCUT2D eigenvalue weighted by Gasteiger charge is 2.34. The van der Waals surface area contributed by atoms with E-state index in [4.69, 9.17) is 16.3 Å². The summed E-state index contributed by atoms with van der Waals surface area (Å²) in [6, 6.07) is 20.8. The number of ether oxygens (including phenoxy) is 1. The molecule has 1 saturated heterocycles. The zero-order valence-corrected chi connectivity index (χ0v) is 18.7. The van der Waals surface area contributed by atoms with Crippen molar-refractivity contribution in [3.63, 3.8) is 0 Å². The van der Waals surface area contributed by atoms with Gasteiger partial charge in [0, 0.05) is 5.02 Å². The molecule has 0 spiro atoms. The highest BCUT2D eigenvalue weighted by molar-refractivity contribution is 8.18. The Morgan fingerprint density at radius 3 is 2.44 bits per heavy atom. The summed E-state index contributed by atoms with van der Waals surface area (Å²) in [6.45, 7) is 2.21. The third-order valence-corrected chi connectivity index (χ3v) is 5.92. The molecule has 0 aromatic heterocycles. The number of aryl methyl sites for hydroxylation is 1. The lowest BCUT2D eigenvalue weighted by Gasteiger charge is -2.12. The second-order valence-electron chi connectivity index (χ2n) is 7.22. The Kier molecular flexibility index (Phi) is 6.44. The van der Waals surface area contributed by atoms with Crippen LogP contribution in [0.3, 0.4) is 0 Å². The van der Waals surface area contributed by atoms with Crippen molar-refractivity contribution >= 4 is 46.6 Å². The van der Waals surface area contributed by atoms with E-state index in [-0.39, 0.29) is 17.7 Å². The molecule has 0 saturated carbocycles. The van der Waals surface area contributed by atoms with E-state index in [1.54, 1.807) is 54.6 Å². The molecule has 2 amide bonds. The van der Waals surface area contributed by atoms with Crippen LogP contribution in [0.4, 0.5) is 4.79 Å². The maximum atomic E-state index is 12.7. The highest BCUT2D eigenvalue weighted by atomic mass is 35.5. The van der Waals surface area contributed by atoms with Gasteiger partial charge in [0.25, 0.3) is 11.1 Å². The predicted molar refractivity (Wildman–Crippen MR) is 126 cm³/mol. The summed E-state index contributed by atoms with van der Waals surface area (Å²) in [5, 5.41) is 0.241. The third-order valence-electron chi connectivity index (χ3n) is 4.77. The van der Waals surface area contributed by atoms with E-state index in [2.05, 4.69) is 0 Å². The number of rotatable bonds is 5. The molecule has 32 heavy (non-hydrogen) atoms. The highest BCUT2D eigenvalue weighted by Crippen LogP contribution is 2.33. The second-order valence-corrected chi connectivity index (χ2v) is 8.65. The number of hydrogen-bond acceptors (Lipinski definition) is 5. The Morgan fingerprint density at radius 2 is 1.75 bits per heavy atom. The average molecular weight is 464 g/mol. The van der Waals surface area contributed by atoms with Crippen LogP contribution in [-0.4, -0.2) is 22.0 Å². The fourth-order valence-corrected chi connectivity index (χ4v) is 4.13. The van der Waals surface area contributed by atoms with Crippen molar-refractivity contribution in [3.8, 4) is 5.75 Å². The van der Waals surface area contributed by atoms with Crippen molar-refractivity contribution < 1.29 is 19.1 Å². The number of thioether (sulfide) groups is 1. The molecule has 3 aromatic carbocycles. The summed E-state index contributed by atoms with van der Waals surface area (Å²) in [6.07, 6.45) is 1.66. The molecule has 0 radical (unpaired) electrons. The first-order valence-corrected chi connectivity index (χ1v) is 11.0. The van der Waals surface area contributed by atoms with E-state index in [0.717, 1.165) is 28.5 Å². The summed E-state index contributed by atoms with van der Waals surface area (Å²) in [5.41, 5.74) is 3.08. The molecule has 0 atom stereocenters. The number of amides is 2. The largest absolute Gasteiger partial charge is 0.423 e. The third kappa shape index (κ3) is 5.10. The van der Waals surface area contributed by atoms with Crippen molar-refractivity contribution in [2.24, 2.45) is 0 Å². The van der Waals surface area contributed by atoms with E-state index in [1.165, 1.54) is 4.90 Å². The molecule has 160 valence electrons. The lowest BCUT2D eigenvalue weighted by molar-refractivity contribution is -0.123. The Balaban J connectivity index is 1.43. The SMILES string of the molecule is Cc1cccc(CN2C(=O)S/C(=C\c3ccc(OC(=O)c4ccc(Cl)cc4)cc3)C2=O)c1. The fraction of sp³-hybridized carbons (Fsp3) is 0.0800. The minimum absolute atomic E-state index is 0.239. The van der Waals surface area contributed by atoms with Crippen LogP contribution in [0, 0.1) is 6.92 Å². The first-order chi connectivity index (χ1) is 15.4. The van der Waals surface area contributed by atoms with Gasteiger partial charge in [-0.1, -0.05) is 53.6 Å². The Labute approximate surface area is 194 Å². The maximum absolute atomic E-state index is 12.7. The van der Waals surface area contributed by atoms with Gasteiger partial charge in [-0.15, -0.1) is 0 Å². The lowest BCUT2D eigenvalue weighted by atomic mass is 10.1. The Morgan fingerprint density at radius 1 is 1.03 bits per heavy atom. The molecule has 1 aliphatic heterocycles. The molecule has 0 N–H and O–H groups in total. The normalized spacial score (nSPS) is 14.8. The molecule has 5 nitrogen and oxygen atoms in total. The van der Waals surface area contributed by atoms with E-state index < -0.39 is 5.97 Å². The van der Waals surface area contributed by atoms with Crippen molar-refractivity contribution in [1.29, 1.82) is 0 Å². The standard InChI is InChI=1S/C25H18ClNO4S/c1-16-3-2-4-18(13-16)15-27-23(28)22(32-25(27)30)14-17-5-11-21(12-6-17)31-24(29)19-7-9-20(26)10-8-19/h2-14H,15H2,1H3/b22-14-. The van der Waals surface area contributed by atoms with Crippen LogP contribution < -0.4 is 4.74 Å². The maximum Gasteiger partial charge on any atom is 0.343 e. The molecule has 3 aromatic rings. The number of carbonyl (C=O) groups excluding carboxylic acids is 3. The van der Waals surface area contributed by atoms with Gasteiger partial charge < -0.3 is 4.74 Å². The Bertz CT molecular complexity index is 1220. The van der Waals surface area contributed by atoms with Gasteiger partial charge in [0.1, 0.15) is 5.75 Å². The summed E-state index contributed by atoms with van der Waals surface area (Å²) in [5.74, 6) is -0.443. The van der Waals surface area contributed by atoms with Gasteiger partial charge in [-0.05, 0) is 72.3 Å². The van der Waals surface area contributed by atoms with Crippen LogP contribution in [0.1, 0.15) is 27.0 Å². The predicted octanol–water partition coefficient (Wildman–Crippen LogP) is 6.10. The quantitative estimate of drug-likeness (QED) is 0.260. The minimum atomic E-state index is -0.494. The fourth-order valence-electron chi connectivity index (χ4n) is 3.16. The van der Waals surface area contributed by atoms with Gasteiger partial charge in [-0.3, -0.25) is 14.5 Å². The number of nitrogens with zero attached hydrogens (tertiary/aromatic N) is 1. The van der Waals surface area contributed by atoms with Gasteiger partial charge >= 0.3 is 5.97 Å². The number of hydrogen-bond donors (Lipinski definition) is 0. The lowest BCUT2D eigenvalue weighted by Crippen LogP contribution is -2.27. The molecular weight excluding hydrogens is 446 g/mol. The summed E-state index contributed by atoms with van der Waals surface area (Å²) in [4.78, 5) is 38.9. The van der Waals surface area contributed by atoms with Gasteiger partial charge in [0.05, 0.1) is 17.0 Å². The van der Waals surface area contributed by atoms with Crippen LogP contribution in [-0.2, 0) is 11.3 Å². The van der Waals surface area contributed by atoms with Crippen molar-refractivity contribution in [1.82, 2.24) is 4.90 Å². The van der Waals surface area contributed by atoms with E-state index >= 15 is 0 Å². The average Bonchev–Trinajstić information content (AvgIpc) is 3.03. The number of imide groups is 1. The van der Waals surface area contributed by atoms with Gasteiger partial charge in [-0.25, -0.2) is 4.79 Å². The molecule has 1 heterocycles. The molecule has 1 fully saturated rings. The van der Waals surface area contributed by atoms with E-state index in [0.29, 0.717) is 21.2 Å². The number of halogens is 1. The van der Waals surface area contributed by atoms with Crippen LogP contribution in [0.5, 0.6) is 5.75 Å². The monoisotopic (exact) mass is 463 g/mol. The van der Waals surface area contributed by atoms with Gasteiger partial charge in [0.15, 0.2) is 0 Å². The molecule has 0 unspecified atom stereocenters. The smallest absolute Gasteiger partial charge is 0.343 e. The summed E-state index contributed by atoms with van der Waals surface area (Å²) >= 11 is 6.75. The number of benzene rings is 3. The summed E-state index contributed by atoms with van der Waals surface area (Å²) < 4.78 is 5.36. The minimum Gasteiger partial charge on any atom is -0.423 e. The topological polar surface area (TPSA) is 63.7 Å².